The fourth-order valence-corrected chi connectivity index (χ4v) is 2.43. The van der Waals surface area contributed by atoms with Crippen LogP contribution in [-0.2, 0) is 10.8 Å². The molecule has 0 fully saturated rings. The smallest absolute Gasteiger partial charge is 0.124 e. The number of nitrogens with two attached hydrogens (primary N) is 1. The van der Waals surface area contributed by atoms with Crippen LogP contribution in [0.15, 0.2) is 24.3 Å². The van der Waals surface area contributed by atoms with E-state index in [1.54, 1.807) is 0 Å². The first-order valence-electron chi connectivity index (χ1n) is 7.62. The van der Waals surface area contributed by atoms with Gasteiger partial charge in [-0.15, -0.1) is 6.58 Å². The summed E-state index contributed by atoms with van der Waals surface area (Å²) in [6.07, 6.45) is 0.685. The fourth-order valence-electron chi connectivity index (χ4n) is 2.43. The van der Waals surface area contributed by atoms with E-state index in [2.05, 4.69) is 60.3 Å². The maximum Gasteiger partial charge on any atom is 0.124 e. The van der Waals surface area contributed by atoms with Crippen molar-refractivity contribution in [2.45, 2.75) is 71.8 Å². The molecule has 0 heterocycles. The van der Waals surface area contributed by atoms with E-state index >= 15 is 0 Å². The predicted octanol–water partition coefficient (Wildman–Crippen LogP) is 4.95. The molecule has 0 saturated carbocycles. The van der Waals surface area contributed by atoms with Crippen LogP contribution in [0.1, 0.15) is 77.6 Å². The van der Waals surface area contributed by atoms with Crippen molar-refractivity contribution in [3.05, 3.63) is 41.0 Å². The van der Waals surface area contributed by atoms with Crippen LogP contribution in [0.3, 0.4) is 0 Å². The van der Waals surface area contributed by atoms with Gasteiger partial charge in [0.1, 0.15) is 5.75 Å². The molecule has 118 valence electrons. The van der Waals surface area contributed by atoms with E-state index < -0.39 is 0 Å². The molecule has 21 heavy (non-hydrogen) atoms. The Bertz CT molecular complexity index is 530. The Morgan fingerprint density at radius 3 is 2.05 bits per heavy atom. The van der Waals surface area contributed by atoms with Crippen LogP contribution in [0.2, 0.25) is 0 Å². The van der Waals surface area contributed by atoms with Gasteiger partial charge in [0, 0.05) is 11.6 Å². The molecule has 1 aromatic rings. The van der Waals surface area contributed by atoms with Gasteiger partial charge in [-0.05, 0) is 41.4 Å². The van der Waals surface area contributed by atoms with Crippen LogP contribution in [-0.4, -0.2) is 5.11 Å². The number of phenolic OH excluding ortho intramolecular Hbond substituents is 1. The molecular weight excluding hydrogens is 258 g/mol. The van der Waals surface area contributed by atoms with Gasteiger partial charge in [-0.3, -0.25) is 0 Å². The highest BCUT2D eigenvalue weighted by atomic mass is 16.3. The van der Waals surface area contributed by atoms with Crippen molar-refractivity contribution in [2.24, 2.45) is 5.73 Å². The second-order valence-corrected chi connectivity index (χ2v) is 8.23. The lowest BCUT2D eigenvalue weighted by Crippen LogP contribution is -2.20. The summed E-state index contributed by atoms with van der Waals surface area (Å²) in [4.78, 5) is 0. The van der Waals surface area contributed by atoms with Crippen LogP contribution in [0, 0.1) is 0 Å². The molecule has 2 heteroatoms. The van der Waals surface area contributed by atoms with Crippen molar-refractivity contribution in [1.29, 1.82) is 0 Å². The third-order valence-electron chi connectivity index (χ3n) is 3.78. The largest absolute Gasteiger partial charge is 0.507 e. The number of hydrogen-bond acceptors (Lipinski definition) is 2. The Kier molecular flexibility index (Phi) is 4.94. The molecular formula is C19H31NO. The van der Waals surface area contributed by atoms with E-state index in [4.69, 9.17) is 5.73 Å². The normalized spacial score (nSPS) is 14.1. The molecule has 1 aromatic carbocycles. The summed E-state index contributed by atoms with van der Waals surface area (Å²) >= 11 is 0. The van der Waals surface area contributed by atoms with Gasteiger partial charge in [0.15, 0.2) is 0 Å². The molecule has 3 N–H and O–H groups in total. The molecule has 0 aromatic heterocycles. The minimum atomic E-state index is -0.217. The van der Waals surface area contributed by atoms with Gasteiger partial charge < -0.3 is 10.8 Å². The van der Waals surface area contributed by atoms with E-state index in [1.807, 2.05) is 6.92 Å². The van der Waals surface area contributed by atoms with Crippen LogP contribution in [0.4, 0.5) is 0 Å². The maximum atomic E-state index is 10.7. The molecule has 0 aliphatic carbocycles. The van der Waals surface area contributed by atoms with Crippen LogP contribution < -0.4 is 5.73 Å². The minimum Gasteiger partial charge on any atom is -0.507 e. The summed E-state index contributed by atoms with van der Waals surface area (Å²) in [5, 5.41) is 10.7. The van der Waals surface area contributed by atoms with Crippen molar-refractivity contribution < 1.29 is 5.11 Å². The van der Waals surface area contributed by atoms with Crippen LogP contribution in [0.25, 0.3) is 0 Å². The fraction of sp³-hybridized carbons (Fsp3) is 0.579. The van der Waals surface area contributed by atoms with Gasteiger partial charge in [-0.2, -0.15) is 0 Å². The quantitative estimate of drug-likeness (QED) is 0.773. The standard InChI is InChI=1S/C19H31NO/c1-12(2)9-16(20)14-10-13(18(3,4)5)11-15(17(14)21)19(6,7)8/h10-11,16,21H,1,9,20H2,2-8H3/t16-/m1/s1. The van der Waals surface area contributed by atoms with Crippen LogP contribution >= 0.6 is 0 Å². The Balaban J connectivity index is 3.52. The summed E-state index contributed by atoms with van der Waals surface area (Å²) in [6, 6.07) is 3.95. The van der Waals surface area contributed by atoms with E-state index in [9.17, 15) is 5.11 Å². The molecule has 0 unspecified atom stereocenters. The van der Waals surface area contributed by atoms with Gasteiger partial charge in [0.25, 0.3) is 0 Å². The lowest BCUT2D eigenvalue weighted by atomic mass is 9.78. The van der Waals surface area contributed by atoms with E-state index in [1.165, 1.54) is 5.56 Å². The van der Waals surface area contributed by atoms with E-state index in [0.717, 1.165) is 16.7 Å². The second-order valence-electron chi connectivity index (χ2n) is 8.23. The lowest BCUT2D eigenvalue weighted by Gasteiger charge is -2.29. The van der Waals surface area contributed by atoms with Gasteiger partial charge in [-0.1, -0.05) is 53.2 Å². The highest BCUT2D eigenvalue weighted by Crippen LogP contribution is 2.40. The minimum absolute atomic E-state index is 0.0192. The summed E-state index contributed by atoms with van der Waals surface area (Å²) in [6.45, 7) is 18.8. The summed E-state index contributed by atoms with van der Waals surface area (Å²) < 4.78 is 0. The third kappa shape index (κ3) is 4.34. The monoisotopic (exact) mass is 289 g/mol. The number of rotatable bonds is 3. The van der Waals surface area contributed by atoms with Crippen molar-refractivity contribution in [3.8, 4) is 5.75 Å². The molecule has 2 nitrogen and oxygen atoms in total. The van der Waals surface area contributed by atoms with Crippen LogP contribution in [0.5, 0.6) is 5.75 Å². The zero-order valence-electron chi connectivity index (χ0n) is 14.7. The zero-order valence-corrected chi connectivity index (χ0v) is 14.7. The predicted molar refractivity (Wildman–Crippen MR) is 91.9 cm³/mol. The Morgan fingerprint density at radius 2 is 1.67 bits per heavy atom. The SMILES string of the molecule is C=C(C)C[C@@H](N)c1cc(C(C)(C)C)cc(C(C)(C)C)c1O. The second kappa shape index (κ2) is 5.84. The average molecular weight is 289 g/mol. The molecule has 0 bridgehead atoms. The molecule has 0 aliphatic rings. The zero-order chi connectivity index (χ0) is 16.6. The van der Waals surface area contributed by atoms with Crippen molar-refractivity contribution in [3.63, 3.8) is 0 Å². The highest BCUT2D eigenvalue weighted by Gasteiger charge is 2.26. The van der Waals surface area contributed by atoms with E-state index in [-0.39, 0.29) is 16.9 Å². The first kappa shape index (κ1) is 17.8. The number of aromatic hydroxyl groups is 1. The molecule has 0 aliphatic heterocycles. The average Bonchev–Trinajstić information content (AvgIpc) is 2.24. The lowest BCUT2D eigenvalue weighted by molar-refractivity contribution is 0.432. The van der Waals surface area contributed by atoms with Crippen molar-refractivity contribution in [2.75, 3.05) is 0 Å². The van der Waals surface area contributed by atoms with Gasteiger partial charge in [0.05, 0.1) is 0 Å². The Morgan fingerprint density at radius 1 is 1.14 bits per heavy atom. The molecule has 0 spiro atoms. The van der Waals surface area contributed by atoms with Gasteiger partial charge in [-0.25, -0.2) is 0 Å². The highest BCUT2D eigenvalue weighted by molar-refractivity contribution is 5.50. The first-order valence-corrected chi connectivity index (χ1v) is 7.62. The van der Waals surface area contributed by atoms with Crippen molar-refractivity contribution in [1.82, 2.24) is 0 Å². The molecule has 1 atom stereocenters. The summed E-state index contributed by atoms with van der Waals surface area (Å²) in [5.41, 5.74) is 10.2. The van der Waals surface area contributed by atoms with Gasteiger partial charge >= 0.3 is 0 Å². The maximum absolute atomic E-state index is 10.7. The molecule has 0 saturated heterocycles. The first-order chi connectivity index (χ1) is 9.34. The number of phenols is 1. The van der Waals surface area contributed by atoms with Crippen molar-refractivity contribution >= 4 is 0 Å². The molecule has 0 amide bonds. The third-order valence-corrected chi connectivity index (χ3v) is 3.78. The van der Waals surface area contributed by atoms with E-state index in [0.29, 0.717) is 12.2 Å². The topological polar surface area (TPSA) is 46.2 Å². The number of benzene rings is 1. The number of hydrogen-bond donors (Lipinski definition) is 2. The molecule has 0 radical (unpaired) electrons. The summed E-state index contributed by atoms with van der Waals surface area (Å²) in [5.74, 6) is 0.337. The summed E-state index contributed by atoms with van der Waals surface area (Å²) in [7, 11) is 0. The Hall–Kier alpha value is -1.28. The van der Waals surface area contributed by atoms with Gasteiger partial charge in [0.2, 0.25) is 0 Å². The Labute approximate surface area is 130 Å². The molecule has 1 rings (SSSR count).